The first-order valence-corrected chi connectivity index (χ1v) is 8.36. The van der Waals surface area contributed by atoms with Crippen molar-refractivity contribution in [1.29, 1.82) is 0 Å². The zero-order valence-corrected chi connectivity index (χ0v) is 13.2. The van der Waals surface area contributed by atoms with Gasteiger partial charge >= 0.3 is 0 Å². The summed E-state index contributed by atoms with van der Waals surface area (Å²) >= 11 is 0. The molecule has 2 fully saturated rings. The minimum absolute atomic E-state index is 0.345. The van der Waals surface area contributed by atoms with Crippen LogP contribution in [0, 0.1) is 11.8 Å². The Bertz CT molecular complexity index is 300. The van der Waals surface area contributed by atoms with Crippen molar-refractivity contribution in [3.8, 4) is 0 Å². The molecule has 0 aromatic heterocycles. The van der Waals surface area contributed by atoms with Gasteiger partial charge in [0.05, 0.1) is 0 Å². The number of likely N-dealkylation sites (tertiary alicyclic amines) is 1. The Morgan fingerprint density at radius 2 is 2.00 bits per heavy atom. The molecule has 0 saturated carbocycles. The van der Waals surface area contributed by atoms with E-state index in [1.807, 2.05) is 4.90 Å². The van der Waals surface area contributed by atoms with Crippen LogP contribution < -0.4 is 5.32 Å². The van der Waals surface area contributed by atoms with Crippen molar-refractivity contribution in [2.45, 2.75) is 39.5 Å². The lowest BCUT2D eigenvalue weighted by Gasteiger charge is -2.34. The number of carbonyl (C=O) groups is 1. The Labute approximate surface area is 123 Å². The highest BCUT2D eigenvalue weighted by Crippen LogP contribution is 2.23. The molecule has 2 heterocycles. The van der Waals surface area contributed by atoms with E-state index in [9.17, 15) is 4.79 Å². The molecule has 0 spiro atoms. The predicted octanol–water partition coefficient (Wildman–Crippen LogP) is 1.57. The van der Waals surface area contributed by atoms with Gasteiger partial charge in [0.1, 0.15) is 0 Å². The molecule has 2 aliphatic rings. The molecule has 0 aromatic carbocycles. The van der Waals surface area contributed by atoms with Gasteiger partial charge in [-0.25, -0.2) is 0 Å². The van der Waals surface area contributed by atoms with Crippen LogP contribution in [0.4, 0.5) is 0 Å². The summed E-state index contributed by atoms with van der Waals surface area (Å²) in [5.41, 5.74) is 0. The fourth-order valence-electron chi connectivity index (χ4n) is 3.54. The molecule has 0 radical (unpaired) electrons. The summed E-state index contributed by atoms with van der Waals surface area (Å²) in [7, 11) is 0. The number of hydrogen-bond acceptors (Lipinski definition) is 3. The fraction of sp³-hybridized carbons (Fsp3) is 0.938. The van der Waals surface area contributed by atoms with E-state index in [0.29, 0.717) is 12.3 Å². The van der Waals surface area contributed by atoms with Crippen LogP contribution in [0.15, 0.2) is 0 Å². The van der Waals surface area contributed by atoms with E-state index in [4.69, 9.17) is 0 Å². The molecule has 116 valence electrons. The van der Waals surface area contributed by atoms with E-state index in [0.717, 1.165) is 44.6 Å². The minimum Gasteiger partial charge on any atom is -0.340 e. The van der Waals surface area contributed by atoms with Crippen molar-refractivity contribution >= 4 is 5.91 Å². The second kappa shape index (κ2) is 7.99. The monoisotopic (exact) mass is 281 g/mol. The Hall–Kier alpha value is -0.610. The maximum absolute atomic E-state index is 12.2. The highest BCUT2D eigenvalue weighted by Gasteiger charge is 2.22. The van der Waals surface area contributed by atoms with Crippen molar-refractivity contribution < 1.29 is 4.79 Å². The summed E-state index contributed by atoms with van der Waals surface area (Å²) in [6.07, 6.45) is 4.72. The summed E-state index contributed by atoms with van der Waals surface area (Å²) in [5, 5.41) is 3.29. The van der Waals surface area contributed by atoms with Crippen LogP contribution in [-0.2, 0) is 4.79 Å². The summed E-state index contributed by atoms with van der Waals surface area (Å²) in [5.74, 6) is 1.98. The highest BCUT2D eigenvalue weighted by molar-refractivity contribution is 5.76. The van der Waals surface area contributed by atoms with Crippen molar-refractivity contribution in [1.82, 2.24) is 15.1 Å². The molecule has 0 aliphatic carbocycles. The third-order valence-corrected chi connectivity index (χ3v) is 4.52. The number of amides is 1. The maximum atomic E-state index is 12.2. The minimum atomic E-state index is 0.345. The molecule has 2 saturated heterocycles. The van der Waals surface area contributed by atoms with Gasteiger partial charge in [-0.15, -0.1) is 0 Å². The first kappa shape index (κ1) is 15.8. The number of carbonyl (C=O) groups excluding carboxylic acids is 1. The molecule has 1 N–H and O–H groups in total. The Morgan fingerprint density at radius 1 is 1.25 bits per heavy atom. The Kier molecular flexibility index (Phi) is 6.30. The van der Waals surface area contributed by atoms with Gasteiger partial charge in [0.15, 0.2) is 0 Å². The quantitative estimate of drug-likeness (QED) is 0.831. The predicted molar refractivity (Wildman–Crippen MR) is 82.7 cm³/mol. The van der Waals surface area contributed by atoms with E-state index in [2.05, 4.69) is 24.1 Å². The van der Waals surface area contributed by atoms with Crippen LogP contribution in [0.1, 0.15) is 39.5 Å². The van der Waals surface area contributed by atoms with Crippen molar-refractivity contribution in [3.05, 3.63) is 0 Å². The van der Waals surface area contributed by atoms with E-state index in [1.54, 1.807) is 0 Å². The SMILES string of the molecule is CC(C)CC1CCCN(CCC(=O)N2CCNCC2)C1. The summed E-state index contributed by atoms with van der Waals surface area (Å²) in [4.78, 5) is 16.7. The van der Waals surface area contributed by atoms with Gasteiger partial charge in [-0.3, -0.25) is 4.79 Å². The van der Waals surface area contributed by atoms with Gasteiger partial charge in [0, 0.05) is 45.7 Å². The molecule has 2 aliphatic heterocycles. The smallest absolute Gasteiger partial charge is 0.223 e. The number of piperazine rings is 1. The van der Waals surface area contributed by atoms with Crippen molar-refractivity contribution in [3.63, 3.8) is 0 Å². The van der Waals surface area contributed by atoms with Gasteiger partial charge in [0.2, 0.25) is 5.91 Å². The molecular formula is C16H31N3O. The van der Waals surface area contributed by atoms with E-state index < -0.39 is 0 Å². The number of piperidine rings is 1. The number of hydrogen-bond donors (Lipinski definition) is 1. The molecule has 0 aromatic rings. The third kappa shape index (κ3) is 5.06. The first-order valence-electron chi connectivity index (χ1n) is 8.36. The molecule has 0 bridgehead atoms. The number of rotatable bonds is 5. The zero-order valence-electron chi connectivity index (χ0n) is 13.2. The van der Waals surface area contributed by atoms with E-state index in [-0.39, 0.29) is 0 Å². The van der Waals surface area contributed by atoms with Crippen LogP contribution >= 0.6 is 0 Å². The lowest BCUT2D eigenvalue weighted by Crippen LogP contribution is -2.47. The molecule has 4 nitrogen and oxygen atoms in total. The van der Waals surface area contributed by atoms with E-state index in [1.165, 1.54) is 32.4 Å². The highest BCUT2D eigenvalue weighted by atomic mass is 16.2. The third-order valence-electron chi connectivity index (χ3n) is 4.52. The van der Waals surface area contributed by atoms with Crippen molar-refractivity contribution in [2.75, 3.05) is 45.8 Å². The summed E-state index contributed by atoms with van der Waals surface area (Å²) in [6, 6.07) is 0. The normalized spacial score (nSPS) is 25.1. The van der Waals surface area contributed by atoms with Gasteiger partial charge in [-0.1, -0.05) is 13.8 Å². The van der Waals surface area contributed by atoms with Crippen molar-refractivity contribution in [2.24, 2.45) is 11.8 Å². The average molecular weight is 281 g/mol. The molecule has 20 heavy (non-hydrogen) atoms. The lowest BCUT2D eigenvalue weighted by molar-refractivity contribution is -0.132. The molecule has 1 amide bonds. The van der Waals surface area contributed by atoms with Gasteiger partial charge in [0.25, 0.3) is 0 Å². The zero-order chi connectivity index (χ0) is 14.4. The maximum Gasteiger partial charge on any atom is 0.223 e. The second-order valence-electron chi connectivity index (χ2n) is 6.82. The summed E-state index contributed by atoms with van der Waals surface area (Å²) < 4.78 is 0. The molecule has 2 rings (SSSR count). The van der Waals surface area contributed by atoms with Crippen LogP contribution in [0.3, 0.4) is 0 Å². The van der Waals surface area contributed by atoms with Gasteiger partial charge in [-0.2, -0.15) is 0 Å². The van der Waals surface area contributed by atoms with Crippen LogP contribution in [0.25, 0.3) is 0 Å². The molecule has 4 heteroatoms. The average Bonchev–Trinajstić information content (AvgIpc) is 2.45. The lowest BCUT2D eigenvalue weighted by atomic mass is 9.90. The first-order chi connectivity index (χ1) is 9.65. The van der Waals surface area contributed by atoms with Crippen LogP contribution in [0.5, 0.6) is 0 Å². The molecule has 1 atom stereocenters. The Morgan fingerprint density at radius 3 is 2.70 bits per heavy atom. The topological polar surface area (TPSA) is 35.6 Å². The number of nitrogens with one attached hydrogen (secondary N) is 1. The van der Waals surface area contributed by atoms with Crippen LogP contribution in [0.2, 0.25) is 0 Å². The van der Waals surface area contributed by atoms with E-state index >= 15 is 0 Å². The largest absolute Gasteiger partial charge is 0.340 e. The Balaban J connectivity index is 1.68. The summed E-state index contributed by atoms with van der Waals surface area (Å²) in [6.45, 7) is 11.6. The van der Waals surface area contributed by atoms with Gasteiger partial charge < -0.3 is 15.1 Å². The fourth-order valence-corrected chi connectivity index (χ4v) is 3.54. The standard InChI is InChI=1S/C16H31N3O/c1-14(2)12-15-4-3-8-18(13-15)9-5-16(20)19-10-6-17-7-11-19/h14-15,17H,3-13H2,1-2H3. The molecular weight excluding hydrogens is 250 g/mol. The number of nitrogens with zero attached hydrogens (tertiary/aromatic N) is 2. The molecule has 1 unspecified atom stereocenters. The van der Waals surface area contributed by atoms with Gasteiger partial charge in [-0.05, 0) is 37.6 Å². The van der Waals surface area contributed by atoms with Crippen LogP contribution in [-0.4, -0.2) is 61.5 Å². The second-order valence-corrected chi connectivity index (χ2v) is 6.82.